The van der Waals surface area contributed by atoms with Crippen LogP contribution in [0.25, 0.3) is 120 Å². The highest BCUT2D eigenvalue weighted by Crippen LogP contribution is 2.44. The van der Waals surface area contributed by atoms with E-state index < -0.39 is 0 Å². The maximum Gasteiger partial charge on any atom is 0.238 e. The third-order valence-electron chi connectivity index (χ3n) is 12.4. The molecule has 0 N–H and O–H groups in total. The van der Waals surface area contributed by atoms with Crippen molar-refractivity contribution >= 4 is 75.1 Å². The summed E-state index contributed by atoms with van der Waals surface area (Å²) < 4.78 is 7.25. The van der Waals surface area contributed by atoms with Gasteiger partial charge >= 0.3 is 0 Å². The van der Waals surface area contributed by atoms with Crippen molar-refractivity contribution in [2.45, 2.75) is 0 Å². The molecule has 0 aliphatic rings. The van der Waals surface area contributed by atoms with E-state index in [1.165, 1.54) is 47.6 Å². The third-order valence-corrected chi connectivity index (χ3v) is 13.5. The van der Waals surface area contributed by atoms with Crippen LogP contribution in [0.1, 0.15) is 0 Å². The first-order valence-electron chi connectivity index (χ1n) is 21.2. The third kappa shape index (κ3) is 5.66. The molecule has 9 aromatic carbocycles. The van der Waals surface area contributed by atoms with Crippen LogP contribution in [0.4, 0.5) is 0 Å². The van der Waals surface area contributed by atoms with E-state index in [1.807, 2.05) is 35.6 Å². The highest BCUT2D eigenvalue weighted by atomic mass is 32.1. The summed E-state index contributed by atoms with van der Waals surface area (Å²) in [6.45, 7) is 0. The van der Waals surface area contributed by atoms with Crippen molar-refractivity contribution in [2.75, 3.05) is 0 Å². The molecule has 0 aliphatic carbocycles. The zero-order valence-corrected chi connectivity index (χ0v) is 34.7. The van der Waals surface area contributed by atoms with Gasteiger partial charge in [-0.25, -0.2) is 4.98 Å². The standard InChI is InChI=1S/C57H35N5S/c1-4-15-36(16-5-1)37-27-29-40(30-28-37)56-58-55(39-19-8-3-9-20-39)59-57(60-56)62-49-25-13-11-22-44(49)46-34-33-45-43-21-10-12-24-48(43)61(53(45)54(46)62)41-31-32-47-51(35-41)63-50-26-14-23-42(52(47)50)38-17-6-2-7-18-38/h1-35H. The molecule has 0 unspecified atom stereocenters. The van der Waals surface area contributed by atoms with E-state index >= 15 is 0 Å². The number of thiophene rings is 1. The summed E-state index contributed by atoms with van der Waals surface area (Å²) in [5.41, 5.74) is 12.1. The minimum atomic E-state index is 0.565. The Labute approximate surface area is 366 Å². The lowest BCUT2D eigenvalue weighted by Crippen LogP contribution is -2.07. The number of nitrogens with zero attached hydrogens (tertiary/aromatic N) is 5. The molecule has 0 aliphatic heterocycles. The van der Waals surface area contributed by atoms with Crippen molar-refractivity contribution in [1.82, 2.24) is 24.1 Å². The molecular weight excluding hydrogens is 787 g/mol. The normalized spacial score (nSPS) is 11.8. The number of benzene rings is 9. The summed E-state index contributed by atoms with van der Waals surface area (Å²) in [5, 5.41) is 7.19. The second kappa shape index (κ2) is 14.2. The molecule has 0 amide bonds. The van der Waals surface area contributed by atoms with Gasteiger partial charge < -0.3 is 4.57 Å². The van der Waals surface area contributed by atoms with Gasteiger partial charge in [-0.2, -0.15) is 9.97 Å². The Hall–Kier alpha value is -8.19. The van der Waals surface area contributed by atoms with E-state index in [9.17, 15) is 0 Å². The van der Waals surface area contributed by atoms with Crippen molar-refractivity contribution < 1.29 is 0 Å². The summed E-state index contributed by atoms with van der Waals surface area (Å²) in [4.78, 5) is 15.8. The number of hydrogen-bond acceptors (Lipinski definition) is 4. The molecule has 0 radical (unpaired) electrons. The zero-order valence-electron chi connectivity index (χ0n) is 33.9. The number of aromatic nitrogens is 5. The Kier molecular flexibility index (Phi) is 8.01. The van der Waals surface area contributed by atoms with Gasteiger partial charge in [-0.15, -0.1) is 11.3 Å². The highest BCUT2D eigenvalue weighted by molar-refractivity contribution is 7.26. The van der Waals surface area contributed by atoms with Crippen LogP contribution in [0, 0.1) is 0 Å². The Balaban J connectivity index is 1.09. The van der Waals surface area contributed by atoms with Gasteiger partial charge in [0.2, 0.25) is 5.95 Å². The maximum atomic E-state index is 5.37. The van der Waals surface area contributed by atoms with Gasteiger partial charge in [0.15, 0.2) is 11.6 Å². The second-order valence-electron chi connectivity index (χ2n) is 16.0. The van der Waals surface area contributed by atoms with Crippen LogP contribution in [-0.2, 0) is 0 Å². The van der Waals surface area contributed by atoms with Crippen molar-refractivity contribution in [3.63, 3.8) is 0 Å². The van der Waals surface area contributed by atoms with Crippen LogP contribution in [0.2, 0.25) is 0 Å². The Morgan fingerprint density at radius 3 is 1.51 bits per heavy atom. The summed E-state index contributed by atoms with van der Waals surface area (Å²) in [5.74, 6) is 1.79. The molecule has 294 valence electrons. The van der Waals surface area contributed by atoms with Crippen LogP contribution in [-0.4, -0.2) is 24.1 Å². The molecule has 0 saturated carbocycles. The maximum absolute atomic E-state index is 5.37. The topological polar surface area (TPSA) is 48.5 Å². The first kappa shape index (κ1) is 35.6. The Morgan fingerprint density at radius 1 is 0.333 bits per heavy atom. The van der Waals surface area contributed by atoms with Crippen LogP contribution >= 0.6 is 11.3 Å². The Morgan fingerprint density at radius 2 is 0.841 bits per heavy atom. The number of rotatable bonds is 6. The van der Waals surface area contributed by atoms with Gasteiger partial charge in [-0.3, -0.25) is 4.57 Å². The Bertz CT molecular complexity index is 3890. The fourth-order valence-corrected chi connectivity index (χ4v) is 10.7. The fourth-order valence-electron chi connectivity index (χ4n) is 9.54. The summed E-state index contributed by atoms with van der Waals surface area (Å²) in [6.07, 6.45) is 0. The predicted molar refractivity (Wildman–Crippen MR) is 263 cm³/mol. The number of fused-ring (bicyclic) bond motifs is 10. The smallest absolute Gasteiger partial charge is 0.238 e. The summed E-state index contributed by atoms with van der Waals surface area (Å²) in [6, 6.07) is 75.5. The molecular formula is C57H35N5S. The lowest BCUT2D eigenvalue weighted by Gasteiger charge is -2.13. The van der Waals surface area contributed by atoms with Gasteiger partial charge in [0, 0.05) is 58.5 Å². The molecule has 5 nitrogen and oxygen atoms in total. The van der Waals surface area contributed by atoms with Crippen molar-refractivity contribution in [3.8, 4) is 56.7 Å². The number of para-hydroxylation sites is 2. The van der Waals surface area contributed by atoms with Crippen LogP contribution < -0.4 is 0 Å². The minimum absolute atomic E-state index is 0.565. The monoisotopic (exact) mass is 821 g/mol. The molecule has 4 aromatic heterocycles. The largest absolute Gasteiger partial charge is 0.307 e. The van der Waals surface area contributed by atoms with E-state index in [0.29, 0.717) is 17.6 Å². The van der Waals surface area contributed by atoms with Crippen LogP contribution in [0.15, 0.2) is 212 Å². The van der Waals surface area contributed by atoms with Gasteiger partial charge in [-0.05, 0) is 52.6 Å². The average Bonchev–Trinajstić information content (AvgIpc) is 4.02. The van der Waals surface area contributed by atoms with E-state index in [-0.39, 0.29) is 0 Å². The van der Waals surface area contributed by atoms with Crippen LogP contribution in [0.3, 0.4) is 0 Å². The molecule has 13 rings (SSSR count). The number of hydrogen-bond donors (Lipinski definition) is 0. The first-order chi connectivity index (χ1) is 31.2. The highest BCUT2D eigenvalue weighted by Gasteiger charge is 2.24. The van der Waals surface area contributed by atoms with Crippen molar-refractivity contribution in [2.24, 2.45) is 0 Å². The predicted octanol–water partition coefficient (Wildman–Crippen LogP) is 15.1. The van der Waals surface area contributed by atoms with Gasteiger partial charge in [-0.1, -0.05) is 182 Å². The van der Waals surface area contributed by atoms with Gasteiger partial charge in [0.25, 0.3) is 0 Å². The SMILES string of the molecule is c1ccc(-c2ccc(-c3nc(-c4ccccc4)nc(-n4c5ccccc5c5ccc6c7ccccc7n(-c7ccc8c(c7)sc7cccc(-c9ccccc9)c78)c6c54)n3)cc2)cc1. The molecule has 4 heterocycles. The van der Waals surface area contributed by atoms with E-state index in [1.54, 1.807) is 0 Å². The molecule has 13 aromatic rings. The quantitative estimate of drug-likeness (QED) is 0.168. The van der Waals surface area contributed by atoms with E-state index in [0.717, 1.165) is 55.2 Å². The molecule has 0 saturated heterocycles. The lowest BCUT2D eigenvalue weighted by atomic mass is 9.99. The van der Waals surface area contributed by atoms with Crippen molar-refractivity contribution in [1.29, 1.82) is 0 Å². The van der Waals surface area contributed by atoms with Crippen LogP contribution in [0.5, 0.6) is 0 Å². The zero-order chi connectivity index (χ0) is 41.4. The van der Waals surface area contributed by atoms with Gasteiger partial charge in [0.05, 0.1) is 22.1 Å². The molecule has 6 heteroatoms. The fraction of sp³-hybridized carbons (Fsp3) is 0. The minimum Gasteiger partial charge on any atom is -0.307 e. The molecule has 0 atom stereocenters. The average molecular weight is 822 g/mol. The first-order valence-corrected chi connectivity index (χ1v) is 22.0. The van der Waals surface area contributed by atoms with E-state index in [2.05, 4.69) is 197 Å². The lowest BCUT2D eigenvalue weighted by molar-refractivity contribution is 0.953. The van der Waals surface area contributed by atoms with E-state index in [4.69, 9.17) is 15.0 Å². The molecule has 0 spiro atoms. The van der Waals surface area contributed by atoms with Gasteiger partial charge in [0.1, 0.15) is 0 Å². The molecule has 63 heavy (non-hydrogen) atoms. The second-order valence-corrected chi connectivity index (χ2v) is 17.1. The molecule has 0 fully saturated rings. The summed E-state index contributed by atoms with van der Waals surface area (Å²) in [7, 11) is 0. The molecule has 0 bridgehead atoms. The summed E-state index contributed by atoms with van der Waals surface area (Å²) >= 11 is 1.85. The van der Waals surface area contributed by atoms with Crippen molar-refractivity contribution in [3.05, 3.63) is 212 Å².